The molecular formula is C13H17BrFNO2. The second kappa shape index (κ2) is 6.85. The predicted molar refractivity (Wildman–Crippen MR) is 71.9 cm³/mol. The number of hydrogen-bond donors (Lipinski definition) is 1. The van der Waals surface area contributed by atoms with Gasteiger partial charge in [-0.1, -0.05) is 35.8 Å². The largest absolute Gasteiger partial charge is 0.480 e. The Morgan fingerprint density at radius 1 is 1.50 bits per heavy atom. The Hall–Kier alpha value is -0.940. The Morgan fingerprint density at radius 3 is 2.67 bits per heavy atom. The molecular weight excluding hydrogens is 301 g/mol. The van der Waals surface area contributed by atoms with Crippen LogP contribution in [0.3, 0.4) is 0 Å². The van der Waals surface area contributed by atoms with Gasteiger partial charge in [-0.2, -0.15) is 0 Å². The lowest BCUT2D eigenvalue weighted by Crippen LogP contribution is -2.32. The Kier molecular flexibility index (Phi) is 5.75. The molecule has 0 saturated carbocycles. The maximum absolute atomic E-state index is 13.7. The first-order valence-electron chi connectivity index (χ1n) is 5.76. The second-order valence-electron chi connectivity index (χ2n) is 4.69. The molecule has 1 rings (SSSR count). The number of aliphatic carboxylic acids is 1. The van der Waals surface area contributed by atoms with Crippen LogP contribution in [0.25, 0.3) is 0 Å². The van der Waals surface area contributed by atoms with Gasteiger partial charge in [0.25, 0.3) is 0 Å². The third kappa shape index (κ3) is 5.14. The summed E-state index contributed by atoms with van der Waals surface area (Å²) < 4.78 is 14.4. The standard InChI is InChI=1S/C13H17BrFNO2/c1-9(2)6-16(8-13(17)18)7-10-3-4-11(14)5-12(10)15/h3-5,9H,6-8H2,1-2H3,(H,17,18). The third-order valence-corrected chi connectivity index (χ3v) is 2.88. The van der Waals surface area contributed by atoms with Crippen LogP contribution in [0.2, 0.25) is 0 Å². The van der Waals surface area contributed by atoms with Crippen LogP contribution in [0.15, 0.2) is 22.7 Å². The van der Waals surface area contributed by atoms with Crippen molar-refractivity contribution in [3.63, 3.8) is 0 Å². The van der Waals surface area contributed by atoms with E-state index in [9.17, 15) is 9.18 Å². The molecule has 0 aliphatic rings. The zero-order valence-corrected chi connectivity index (χ0v) is 12.1. The minimum atomic E-state index is -0.895. The highest BCUT2D eigenvalue weighted by Crippen LogP contribution is 2.17. The Balaban J connectivity index is 2.78. The molecule has 0 fully saturated rings. The molecule has 0 aliphatic carbocycles. The number of nitrogens with zero attached hydrogens (tertiary/aromatic N) is 1. The topological polar surface area (TPSA) is 40.5 Å². The van der Waals surface area contributed by atoms with Crippen LogP contribution in [-0.4, -0.2) is 29.1 Å². The summed E-state index contributed by atoms with van der Waals surface area (Å²) in [7, 11) is 0. The first kappa shape index (κ1) is 15.1. The number of carboxylic acid groups (broad SMARTS) is 1. The van der Waals surface area contributed by atoms with Crippen molar-refractivity contribution < 1.29 is 14.3 Å². The summed E-state index contributed by atoms with van der Waals surface area (Å²) in [4.78, 5) is 12.5. The second-order valence-corrected chi connectivity index (χ2v) is 5.61. The summed E-state index contributed by atoms with van der Waals surface area (Å²) in [5.41, 5.74) is 0.514. The van der Waals surface area contributed by atoms with E-state index in [2.05, 4.69) is 15.9 Å². The average Bonchev–Trinajstić information content (AvgIpc) is 2.20. The van der Waals surface area contributed by atoms with Gasteiger partial charge in [-0.05, 0) is 18.1 Å². The van der Waals surface area contributed by atoms with Gasteiger partial charge >= 0.3 is 5.97 Å². The van der Waals surface area contributed by atoms with Gasteiger partial charge in [0.15, 0.2) is 0 Å². The maximum atomic E-state index is 13.7. The first-order chi connectivity index (χ1) is 8.38. The fraction of sp³-hybridized carbons (Fsp3) is 0.462. The molecule has 0 radical (unpaired) electrons. The van der Waals surface area contributed by atoms with Crippen molar-refractivity contribution in [2.45, 2.75) is 20.4 Å². The smallest absolute Gasteiger partial charge is 0.317 e. The number of carboxylic acids is 1. The third-order valence-electron chi connectivity index (χ3n) is 2.39. The van der Waals surface area contributed by atoms with Gasteiger partial charge in [0, 0.05) is 23.1 Å². The van der Waals surface area contributed by atoms with Crippen molar-refractivity contribution >= 4 is 21.9 Å². The molecule has 1 aromatic carbocycles. The lowest BCUT2D eigenvalue weighted by molar-refractivity contribution is -0.138. The number of benzene rings is 1. The lowest BCUT2D eigenvalue weighted by atomic mass is 10.1. The van der Waals surface area contributed by atoms with Gasteiger partial charge < -0.3 is 5.11 Å². The maximum Gasteiger partial charge on any atom is 0.317 e. The van der Waals surface area contributed by atoms with E-state index in [0.29, 0.717) is 29.0 Å². The van der Waals surface area contributed by atoms with Gasteiger partial charge in [-0.3, -0.25) is 9.69 Å². The Labute approximate surface area is 115 Å². The van der Waals surface area contributed by atoms with Gasteiger partial charge in [0.05, 0.1) is 6.54 Å². The molecule has 0 bridgehead atoms. The van der Waals surface area contributed by atoms with Crippen LogP contribution < -0.4 is 0 Å². The molecule has 0 aromatic heterocycles. The molecule has 0 aliphatic heterocycles. The monoisotopic (exact) mass is 317 g/mol. The van der Waals surface area contributed by atoms with E-state index >= 15 is 0 Å². The minimum absolute atomic E-state index is 0.0757. The number of hydrogen-bond acceptors (Lipinski definition) is 2. The highest BCUT2D eigenvalue weighted by molar-refractivity contribution is 9.10. The summed E-state index contributed by atoms with van der Waals surface area (Å²) in [6, 6.07) is 4.82. The molecule has 3 nitrogen and oxygen atoms in total. The van der Waals surface area contributed by atoms with E-state index in [4.69, 9.17) is 5.11 Å². The van der Waals surface area contributed by atoms with Crippen LogP contribution in [0.5, 0.6) is 0 Å². The lowest BCUT2D eigenvalue weighted by Gasteiger charge is -2.22. The van der Waals surface area contributed by atoms with Crippen molar-refractivity contribution in [3.05, 3.63) is 34.1 Å². The molecule has 0 heterocycles. The predicted octanol–water partition coefficient (Wildman–Crippen LogP) is 3.13. The van der Waals surface area contributed by atoms with Crippen molar-refractivity contribution in [2.75, 3.05) is 13.1 Å². The number of rotatable bonds is 6. The van der Waals surface area contributed by atoms with Gasteiger partial charge in [0.1, 0.15) is 5.82 Å². The fourth-order valence-corrected chi connectivity index (χ4v) is 2.12. The van der Waals surface area contributed by atoms with Crippen molar-refractivity contribution in [1.82, 2.24) is 4.90 Å². The molecule has 1 aromatic rings. The summed E-state index contributed by atoms with van der Waals surface area (Å²) in [5, 5.41) is 8.85. The first-order valence-corrected chi connectivity index (χ1v) is 6.56. The van der Waals surface area contributed by atoms with Crippen molar-refractivity contribution in [2.24, 2.45) is 5.92 Å². The normalized spacial score (nSPS) is 11.2. The molecule has 5 heteroatoms. The summed E-state index contributed by atoms with van der Waals surface area (Å²) in [6.07, 6.45) is 0. The summed E-state index contributed by atoms with van der Waals surface area (Å²) in [6.45, 7) is 4.87. The number of halogens is 2. The highest BCUT2D eigenvalue weighted by atomic mass is 79.9. The molecule has 0 spiro atoms. The fourth-order valence-electron chi connectivity index (χ4n) is 1.78. The molecule has 0 atom stereocenters. The minimum Gasteiger partial charge on any atom is -0.480 e. The van der Waals surface area contributed by atoms with E-state index in [0.717, 1.165) is 0 Å². The zero-order chi connectivity index (χ0) is 13.7. The van der Waals surface area contributed by atoms with Crippen LogP contribution in [0, 0.1) is 11.7 Å². The molecule has 18 heavy (non-hydrogen) atoms. The molecule has 0 unspecified atom stereocenters. The molecule has 0 amide bonds. The van der Waals surface area contributed by atoms with Gasteiger partial charge in [-0.15, -0.1) is 0 Å². The Morgan fingerprint density at radius 2 is 2.17 bits per heavy atom. The quantitative estimate of drug-likeness (QED) is 0.876. The zero-order valence-electron chi connectivity index (χ0n) is 10.5. The summed E-state index contributed by atoms with van der Waals surface area (Å²) >= 11 is 3.20. The number of carbonyl (C=O) groups is 1. The van der Waals surface area contributed by atoms with E-state index in [-0.39, 0.29) is 12.4 Å². The molecule has 1 N–H and O–H groups in total. The van der Waals surface area contributed by atoms with E-state index in [1.165, 1.54) is 6.07 Å². The van der Waals surface area contributed by atoms with Crippen LogP contribution in [-0.2, 0) is 11.3 Å². The van der Waals surface area contributed by atoms with E-state index in [1.54, 1.807) is 17.0 Å². The Bertz CT molecular complexity index is 423. The average molecular weight is 318 g/mol. The van der Waals surface area contributed by atoms with E-state index in [1.807, 2.05) is 13.8 Å². The van der Waals surface area contributed by atoms with E-state index < -0.39 is 5.97 Å². The molecule has 0 saturated heterocycles. The molecule has 100 valence electrons. The van der Waals surface area contributed by atoms with Crippen LogP contribution in [0.4, 0.5) is 4.39 Å². The van der Waals surface area contributed by atoms with Gasteiger partial charge in [0.2, 0.25) is 0 Å². The highest BCUT2D eigenvalue weighted by Gasteiger charge is 2.14. The SMILES string of the molecule is CC(C)CN(CC(=O)O)Cc1ccc(Br)cc1F. The van der Waals surface area contributed by atoms with Crippen molar-refractivity contribution in [3.8, 4) is 0 Å². The van der Waals surface area contributed by atoms with Crippen LogP contribution in [0.1, 0.15) is 19.4 Å². The van der Waals surface area contributed by atoms with Gasteiger partial charge in [-0.25, -0.2) is 4.39 Å². The van der Waals surface area contributed by atoms with Crippen molar-refractivity contribution in [1.29, 1.82) is 0 Å². The summed E-state index contributed by atoms with van der Waals surface area (Å²) in [5.74, 6) is -0.875. The van der Waals surface area contributed by atoms with Crippen LogP contribution >= 0.6 is 15.9 Å².